The molecule has 0 unspecified atom stereocenters. The third-order valence-corrected chi connectivity index (χ3v) is 6.19. The van der Waals surface area contributed by atoms with Gasteiger partial charge in [0.05, 0.1) is 7.11 Å². The van der Waals surface area contributed by atoms with Crippen molar-refractivity contribution in [2.45, 2.75) is 64.0 Å². The summed E-state index contributed by atoms with van der Waals surface area (Å²) in [6.07, 6.45) is 4.10. The van der Waals surface area contributed by atoms with Crippen molar-refractivity contribution < 1.29 is 18.7 Å². The van der Waals surface area contributed by atoms with Crippen molar-refractivity contribution in [2.24, 2.45) is 0 Å². The van der Waals surface area contributed by atoms with Crippen LogP contribution in [0.4, 0.5) is 4.39 Å². The van der Waals surface area contributed by atoms with Crippen molar-refractivity contribution in [3.63, 3.8) is 0 Å². The van der Waals surface area contributed by atoms with E-state index in [0.29, 0.717) is 56.5 Å². The fourth-order valence-corrected chi connectivity index (χ4v) is 4.29. The van der Waals surface area contributed by atoms with Crippen LogP contribution in [-0.4, -0.2) is 35.9 Å². The molecule has 1 atom stereocenters. The summed E-state index contributed by atoms with van der Waals surface area (Å²) in [4.78, 5) is 27.1. The van der Waals surface area contributed by atoms with Crippen LogP contribution in [0.25, 0.3) is 0 Å². The Hall–Kier alpha value is -2.89. The van der Waals surface area contributed by atoms with Crippen molar-refractivity contribution in [1.82, 2.24) is 10.2 Å². The van der Waals surface area contributed by atoms with Crippen molar-refractivity contribution in [1.29, 1.82) is 0 Å². The average molecular weight is 441 g/mol. The van der Waals surface area contributed by atoms with Gasteiger partial charge < -0.3 is 15.0 Å². The van der Waals surface area contributed by atoms with Gasteiger partial charge in [-0.25, -0.2) is 4.39 Å². The van der Waals surface area contributed by atoms with Gasteiger partial charge in [-0.15, -0.1) is 0 Å². The molecular weight excluding hydrogens is 407 g/mol. The predicted molar refractivity (Wildman–Crippen MR) is 123 cm³/mol. The number of unbranched alkanes of at least 4 members (excludes halogenated alkanes) is 1. The van der Waals surface area contributed by atoms with Gasteiger partial charge in [-0.2, -0.15) is 0 Å². The number of nitrogens with zero attached hydrogens (tertiary/aromatic N) is 1. The summed E-state index contributed by atoms with van der Waals surface area (Å²) in [5.41, 5.74) is 1.01. The number of halogens is 1. The van der Waals surface area contributed by atoms with Crippen LogP contribution in [0.2, 0.25) is 0 Å². The number of hydrogen-bond donors (Lipinski definition) is 1. The first-order chi connectivity index (χ1) is 15.4. The van der Waals surface area contributed by atoms with Crippen LogP contribution in [0.1, 0.15) is 56.6 Å². The Morgan fingerprint density at radius 2 is 2.00 bits per heavy atom. The van der Waals surface area contributed by atoms with Crippen molar-refractivity contribution in [2.75, 3.05) is 13.7 Å². The van der Waals surface area contributed by atoms with Crippen LogP contribution >= 0.6 is 0 Å². The number of ether oxygens (including phenoxy) is 1. The summed E-state index contributed by atoms with van der Waals surface area (Å²) in [5, 5.41) is 3.05. The van der Waals surface area contributed by atoms with Crippen molar-refractivity contribution in [3.05, 3.63) is 65.5 Å². The van der Waals surface area contributed by atoms with Gasteiger partial charge in [0, 0.05) is 37.5 Å². The number of amides is 2. The number of carbonyl (C=O) groups excluding carboxylic acids is 2. The molecule has 1 fully saturated rings. The van der Waals surface area contributed by atoms with Gasteiger partial charge >= 0.3 is 0 Å². The maximum atomic E-state index is 14.6. The largest absolute Gasteiger partial charge is 0.497 e. The van der Waals surface area contributed by atoms with Crippen LogP contribution in [0.5, 0.6) is 5.75 Å². The van der Waals surface area contributed by atoms with Gasteiger partial charge in [0.25, 0.3) is 0 Å². The highest BCUT2D eigenvalue weighted by atomic mass is 19.1. The van der Waals surface area contributed by atoms with Crippen LogP contribution in [0.15, 0.2) is 48.5 Å². The molecule has 0 aliphatic carbocycles. The zero-order chi connectivity index (χ0) is 23.0. The summed E-state index contributed by atoms with van der Waals surface area (Å²) in [7, 11) is 1.50. The van der Waals surface area contributed by atoms with E-state index in [1.54, 1.807) is 12.1 Å². The van der Waals surface area contributed by atoms with E-state index in [1.165, 1.54) is 13.2 Å². The second-order valence-electron chi connectivity index (χ2n) is 8.62. The Bertz CT molecular complexity index is 919. The minimum Gasteiger partial charge on any atom is -0.497 e. The first-order valence-corrected chi connectivity index (χ1v) is 11.4. The number of nitrogens with one attached hydrogen (secondary N) is 1. The fourth-order valence-electron chi connectivity index (χ4n) is 4.29. The summed E-state index contributed by atoms with van der Waals surface area (Å²) >= 11 is 0. The third-order valence-electron chi connectivity index (χ3n) is 6.19. The van der Waals surface area contributed by atoms with E-state index in [9.17, 15) is 14.0 Å². The van der Waals surface area contributed by atoms with Crippen molar-refractivity contribution in [3.8, 4) is 5.75 Å². The molecule has 3 rings (SSSR count). The van der Waals surface area contributed by atoms with Crippen LogP contribution < -0.4 is 10.1 Å². The lowest BCUT2D eigenvalue weighted by Gasteiger charge is -2.31. The minimum absolute atomic E-state index is 0.0431. The highest BCUT2D eigenvalue weighted by Gasteiger charge is 2.38. The standard InChI is InChI=1S/C26H33FN2O3/c1-3-4-16-29(19-20-8-6-5-7-9-20)25(31)13-15-26(14-12-24(30)28-26)18-21-10-11-22(32-2)17-23(21)27/h5-11,17H,3-4,12-16,18-19H2,1-2H3,(H,28,30)/t26-/m1/s1. The molecule has 32 heavy (non-hydrogen) atoms. The van der Waals surface area contributed by atoms with Crippen LogP contribution in [0, 0.1) is 5.82 Å². The van der Waals surface area contributed by atoms with E-state index in [-0.39, 0.29) is 17.6 Å². The van der Waals surface area contributed by atoms with E-state index in [4.69, 9.17) is 4.74 Å². The molecule has 1 aliphatic heterocycles. The van der Waals surface area contributed by atoms with Gasteiger partial charge in [0.1, 0.15) is 11.6 Å². The number of methoxy groups -OCH3 is 1. The van der Waals surface area contributed by atoms with Crippen LogP contribution in [-0.2, 0) is 22.6 Å². The Morgan fingerprint density at radius 3 is 2.62 bits per heavy atom. The monoisotopic (exact) mass is 440 g/mol. The zero-order valence-electron chi connectivity index (χ0n) is 19.0. The van der Waals surface area contributed by atoms with E-state index < -0.39 is 5.54 Å². The second-order valence-corrected chi connectivity index (χ2v) is 8.62. The second kappa shape index (κ2) is 11.1. The molecule has 172 valence electrons. The Kier molecular flexibility index (Phi) is 8.26. The quantitative estimate of drug-likeness (QED) is 0.554. The van der Waals surface area contributed by atoms with Gasteiger partial charge in [-0.05, 0) is 42.9 Å². The van der Waals surface area contributed by atoms with E-state index >= 15 is 0 Å². The number of carbonyl (C=O) groups is 2. The summed E-state index contributed by atoms with van der Waals surface area (Å²) in [6, 6.07) is 14.7. The maximum absolute atomic E-state index is 14.6. The lowest BCUT2D eigenvalue weighted by molar-refractivity contribution is -0.132. The molecule has 0 aromatic heterocycles. The van der Waals surface area contributed by atoms with E-state index in [1.807, 2.05) is 35.2 Å². The first kappa shape index (κ1) is 23.8. The minimum atomic E-state index is -0.606. The summed E-state index contributed by atoms with van der Waals surface area (Å²) in [6.45, 7) is 3.39. The molecule has 0 bridgehead atoms. The molecule has 5 nitrogen and oxygen atoms in total. The lowest BCUT2D eigenvalue weighted by atomic mass is 9.84. The highest BCUT2D eigenvalue weighted by Crippen LogP contribution is 2.31. The molecule has 2 amide bonds. The average Bonchev–Trinajstić information content (AvgIpc) is 3.17. The predicted octanol–water partition coefficient (Wildman–Crippen LogP) is 4.63. The molecule has 1 heterocycles. The third kappa shape index (κ3) is 6.31. The Labute approximate surface area is 190 Å². The summed E-state index contributed by atoms with van der Waals surface area (Å²) in [5.74, 6) is 0.125. The van der Waals surface area contributed by atoms with Gasteiger partial charge in [0.15, 0.2) is 0 Å². The van der Waals surface area contributed by atoms with E-state index in [0.717, 1.165) is 18.4 Å². The molecule has 0 spiro atoms. The zero-order valence-corrected chi connectivity index (χ0v) is 19.0. The van der Waals surface area contributed by atoms with E-state index in [2.05, 4.69) is 12.2 Å². The van der Waals surface area contributed by atoms with Gasteiger partial charge in [0.2, 0.25) is 11.8 Å². The molecule has 0 saturated carbocycles. The smallest absolute Gasteiger partial charge is 0.222 e. The topological polar surface area (TPSA) is 58.6 Å². The number of hydrogen-bond acceptors (Lipinski definition) is 3. The Balaban J connectivity index is 1.70. The fraction of sp³-hybridized carbons (Fsp3) is 0.462. The van der Waals surface area contributed by atoms with Crippen molar-refractivity contribution >= 4 is 11.8 Å². The molecule has 6 heteroatoms. The number of benzene rings is 2. The molecule has 0 radical (unpaired) electrons. The highest BCUT2D eigenvalue weighted by molar-refractivity contribution is 5.80. The van der Waals surface area contributed by atoms with Gasteiger partial charge in [-0.3, -0.25) is 9.59 Å². The maximum Gasteiger partial charge on any atom is 0.222 e. The lowest BCUT2D eigenvalue weighted by Crippen LogP contribution is -2.45. The molecule has 1 saturated heterocycles. The first-order valence-electron chi connectivity index (χ1n) is 11.4. The van der Waals surface area contributed by atoms with Gasteiger partial charge in [-0.1, -0.05) is 49.7 Å². The van der Waals surface area contributed by atoms with Crippen LogP contribution in [0.3, 0.4) is 0 Å². The number of rotatable bonds is 11. The molecular formula is C26H33FN2O3. The molecule has 1 aliphatic rings. The molecule has 2 aromatic rings. The molecule has 1 N–H and O–H groups in total. The molecule has 2 aromatic carbocycles. The summed E-state index contributed by atoms with van der Waals surface area (Å²) < 4.78 is 19.7. The SMILES string of the molecule is CCCCN(Cc1ccccc1)C(=O)CC[C@@]1(Cc2ccc(OC)cc2F)CCC(=O)N1. The Morgan fingerprint density at radius 1 is 1.22 bits per heavy atom. The normalized spacial score (nSPS) is 17.8.